The van der Waals surface area contributed by atoms with Crippen molar-refractivity contribution in [3.8, 4) is 11.5 Å². The van der Waals surface area contributed by atoms with E-state index >= 15 is 0 Å². The zero-order valence-corrected chi connectivity index (χ0v) is 25.8. The van der Waals surface area contributed by atoms with Crippen LogP contribution < -0.4 is 19.1 Å². The average molecular weight is 600 g/mol. The zero-order chi connectivity index (χ0) is 31.2. The summed E-state index contributed by atoms with van der Waals surface area (Å²) in [5, 5.41) is 2.87. The molecule has 0 unspecified atom stereocenters. The number of benzene rings is 3. The molecule has 0 heterocycles. The van der Waals surface area contributed by atoms with E-state index in [1.165, 1.54) is 61.6 Å². The molecule has 3 aromatic carbocycles. The van der Waals surface area contributed by atoms with Gasteiger partial charge >= 0.3 is 0 Å². The Labute approximate surface area is 247 Å². The minimum atomic E-state index is -4.31. The van der Waals surface area contributed by atoms with Crippen molar-refractivity contribution < 1.29 is 31.9 Å². The number of halogens is 1. The fourth-order valence-corrected chi connectivity index (χ4v) is 5.60. The Kier molecular flexibility index (Phi) is 10.2. The molecule has 2 amide bonds. The Bertz CT molecular complexity index is 1500. The largest absolute Gasteiger partial charge is 0.497 e. The summed E-state index contributed by atoms with van der Waals surface area (Å²) in [6.07, 6.45) is 0. The summed E-state index contributed by atoms with van der Waals surface area (Å²) >= 11 is 0. The quantitative estimate of drug-likeness (QED) is 0.343. The number of hydrogen-bond donors (Lipinski definition) is 1. The van der Waals surface area contributed by atoms with Gasteiger partial charge in [0.25, 0.3) is 10.0 Å². The van der Waals surface area contributed by atoms with Gasteiger partial charge in [-0.3, -0.25) is 13.9 Å². The number of amides is 2. The fraction of sp³-hybridized carbons (Fsp3) is 0.355. The SMILES string of the molecule is COc1ccc(OC)c(N(CC(=O)N(Cc2ccc(F)cc2)[C@@H](C)C(=O)NC(C)(C)C)S(=O)(=O)c2ccc(C)cc2)c1. The molecular weight excluding hydrogens is 561 g/mol. The molecule has 0 saturated heterocycles. The smallest absolute Gasteiger partial charge is 0.264 e. The van der Waals surface area contributed by atoms with Crippen LogP contribution in [0, 0.1) is 12.7 Å². The molecule has 0 fully saturated rings. The second-order valence-electron chi connectivity index (χ2n) is 10.9. The highest BCUT2D eigenvalue weighted by molar-refractivity contribution is 7.92. The summed E-state index contributed by atoms with van der Waals surface area (Å²) in [5.41, 5.74) is 0.927. The van der Waals surface area contributed by atoms with Crippen LogP contribution >= 0.6 is 0 Å². The minimum absolute atomic E-state index is 0.0330. The number of rotatable bonds is 11. The van der Waals surface area contributed by atoms with Crippen LogP contribution in [0.1, 0.15) is 38.8 Å². The number of nitrogens with zero attached hydrogens (tertiary/aromatic N) is 2. The third kappa shape index (κ3) is 8.00. The van der Waals surface area contributed by atoms with E-state index in [9.17, 15) is 22.4 Å². The lowest BCUT2D eigenvalue weighted by Crippen LogP contribution is -2.54. The predicted octanol–water partition coefficient (Wildman–Crippen LogP) is 4.68. The number of carbonyl (C=O) groups excluding carboxylic acids is 2. The number of ether oxygens (including phenoxy) is 2. The van der Waals surface area contributed by atoms with E-state index in [0.29, 0.717) is 11.3 Å². The van der Waals surface area contributed by atoms with Gasteiger partial charge in [0.1, 0.15) is 29.9 Å². The predicted molar refractivity (Wildman–Crippen MR) is 160 cm³/mol. The standard InChI is InChI=1S/C31H38FN3O6S/c1-21-8-15-26(16-9-21)42(38,39)35(27-18-25(40-6)14-17-28(27)41-7)20-29(36)34(19-23-10-12-24(32)13-11-23)22(2)30(37)33-31(3,4)5/h8-18,22H,19-20H2,1-7H3,(H,33,37)/t22-/m0/s1. The number of anilines is 1. The summed E-state index contributed by atoms with van der Waals surface area (Å²) < 4.78 is 53.6. The van der Waals surface area contributed by atoms with Crippen molar-refractivity contribution in [1.29, 1.82) is 0 Å². The summed E-state index contributed by atoms with van der Waals surface area (Å²) in [6, 6.07) is 15.4. The van der Waals surface area contributed by atoms with Gasteiger partial charge in [0.15, 0.2) is 0 Å². The molecule has 0 aliphatic rings. The Morgan fingerprint density at radius 1 is 0.952 bits per heavy atom. The minimum Gasteiger partial charge on any atom is -0.497 e. The van der Waals surface area contributed by atoms with E-state index in [1.54, 1.807) is 31.2 Å². The molecule has 1 N–H and O–H groups in total. The second-order valence-corrected chi connectivity index (χ2v) is 12.8. The first-order valence-electron chi connectivity index (χ1n) is 13.3. The lowest BCUT2D eigenvalue weighted by molar-refractivity contribution is -0.140. The van der Waals surface area contributed by atoms with Crippen LogP contribution in [0.3, 0.4) is 0 Å². The van der Waals surface area contributed by atoms with Gasteiger partial charge in [-0.05, 0) is 76.6 Å². The maximum atomic E-state index is 14.1. The van der Waals surface area contributed by atoms with Crippen molar-refractivity contribution in [3.63, 3.8) is 0 Å². The molecule has 0 saturated carbocycles. The normalized spacial score (nSPS) is 12.3. The van der Waals surface area contributed by atoms with Gasteiger partial charge in [-0.1, -0.05) is 29.8 Å². The first-order chi connectivity index (χ1) is 19.7. The van der Waals surface area contributed by atoms with Crippen LogP contribution in [0.15, 0.2) is 71.6 Å². The fourth-order valence-electron chi connectivity index (χ4n) is 4.19. The number of hydrogen-bond acceptors (Lipinski definition) is 6. The summed E-state index contributed by atoms with van der Waals surface area (Å²) in [4.78, 5) is 28.5. The molecular formula is C31H38FN3O6S. The Morgan fingerprint density at radius 3 is 2.12 bits per heavy atom. The monoisotopic (exact) mass is 599 g/mol. The van der Waals surface area contributed by atoms with Gasteiger partial charge in [-0.25, -0.2) is 12.8 Å². The first kappa shape index (κ1) is 32.4. The zero-order valence-electron chi connectivity index (χ0n) is 25.0. The topological polar surface area (TPSA) is 105 Å². The second kappa shape index (κ2) is 13.2. The Morgan fingerprint density at radius 2 is 1.57 bits per heavy atom. The van der Waals surface area contributed by atoms with Gasteiger partial charge in [0.2, 0.25) is 11.8 Å². The summed E-state index contributed by atoms with van der Waals surface area (Å²) in [5.74, 6) is -0.983. The highest BCUT2D eigenvalue weighted by atomic mass is 32.2. The van der Waals surface area contributed by atoms with E-state index in [2.05, 4.69) is 5.32 Å². The van der Waals surface area contributed by atoms with Crippen LogP contribution in [0.2, 0.25) is 0 Å². The van der Waals surface area contributed by atoms with Crippen LogP contribution in [0.5, 0.6) is 11.5 Å². The molecule has 11 heteroatoms. The van der Waals surface area contributed by atoms with Crippen LogP contribution in [-0.2, 0) is 26.2 Å². The number of sulfonamides is 1. The molecule has 3 aromatic rings. The lowest BCUT2D eigenvalue weighted by Gasteiger charge is -2.33. The number of aryl methyl sites for hydroxylation is 1. The molecule has 0 bridgehead atoms. The van der Waals surface area contributed by atoms with Gasteiger partial charge in [-0.15, -0.1) is 0 Å². The molecule has 0 aliphatic carbocycles. The summed E-state index contributed by atoms with van der Waals surface area (Å²) in [7, 11) is -1.48. The van der Waals surface area contributed by atoms with Crippen LogP contribution in [0.25, 0.3) is 0 Å². The molecule has 226 valence electrons. The molecule has 3 rings (SSSR count). The van der Waals surface area contributed by atoms with Crippen molar-refractivity contribution in [3.05, 3.63) is 83.7 Å². The van der Waals surface area contributed by atoms with Gasteiger partial charge in [0, 0.05) is 18.2 Å². The Balaban J connectivity index is 2.12. The van der Waals surface area contributed by atoms with E-state index < -0.39 is 45.8 Å². The van der Waals surface area contributed by atoms with Gasteiger partial charge in [0.05, 0.1) is 24.8 Å². The molecule has 0 aliphatic heterocycles. The van der Waals surface area contributed by atoms with Gasteiger partial charge in [-0.2, -0.15) is 0 Å². The van der Waals surface area contributed by atoms with E-state index in [4.69, 9.17) is 9.47 Å². The van der Waals surface area contributed by atoms with Crippen molar-refractivity contribution >= 4 is 27.5 Å². The first-order valence-corrected chi connectivity index (χ1v) is 14.8. The lowest BCUT2D eigenvalue weighted by atomic mass is 10.1. The molecule has 0 aromatic heterocycles. The van der Waals surface area contributed by atoms with Crippen LogP contribution in [0.4, 0.5) is 10.1 Å². The third-order valence-electron chi connectivity index (χ3n) is 6.47. The highest BCUT2D eigenvalue weighted by Gasteiger charge is 2.34. The molecule has 1 atom stereocenters. The molecule has 0 spiro atoms. The number of carbonyl (C=O) groups is 2. The Hall–Kier alpha value is -4.12. The molecule has 9 nitrogen and oxygen atoms in total. The maximum absolute atomic E-state index is 14.1. The highest BCUT2D eigenvalue weighted by Crippen LogP contribution is 2.36. The maximum Gasteiger partial charge on any atom is 0.264 e. The number of nitrogens with one attached hydrogen (secondary N) is 1. The van der Waals surface area contributed by atoms with E-state index in [0.717, 1.165) is 9.87 Å². The van der Waals surface area contributed by atoms with E-state index in [1.807, 2.05) is 27.7 Å². The third-order valence-corrected chi connectivity index (χ3v) is 8.25. The van der Waals surface area contributed by atoms with Crippen LogP contribution in [-0.4, -0.2) is 57.5 Å². The van der Waals surface area contributed by atoms with Crippen molar-refractivity contribution in [1.82, 2.24) is 10.2 Å². The van der Waals surface area contributed by atoms with E-state index in [-0.39, 0.29) is 22.9 Å². The van der Waals surface area contributed by atoms with Crippen molar-refractivity contribution in [2.24, 2.45) is 0 Å². The summed E-state index contributed by atoms with van der Waals surface area (Å²) in [6.45, 7) is 8.12. The average Bonchev–Trinajstić information content (AvgIpc) is 2.94. The van der Waals surface area contributed by atoms with Gasteiger partial charge < -0.3 is 19.7 Å². The molecule has 0 radical (unpaired) electrons. The van der Waals surface area contributed by atoms with Crippen molar-refractivity contribution in [2.75, 3.05) is 25.1 Å². The van der Waals surface area contributed by atoms with Crippen molar-refractivity contribution in [2.45, 2.75) is 57.6 Å². The molecule has 42 heavy (non-hydrogen) atoms. The number of methoxy groups -OCH3 is 2.